The predicted molar refractivity (Wildman–Crippen MR) is 53.2 cm³/mol. The minimum absolute atomic E-state index is 0.115. The summed E-state index contributed by atoms with van der Waals surface area (Å²) < 4.78 is 43.7. The largest absolute Gasteiger partial charge is 0.229 e. The molecular weight excluding hydrogens is 226 g/mol. The summed E-state index contributed by atoms with van der Waals surface area (Å²) in [6, 6.07) is 1.83. The molecule has 0 aliphatic rings. The van der Waals surface area contributed by atoms with Gasteiger partial charge in [0.05, 0.1) is 23.3 Å². The highest BCUT2D eigenvalue weighted by molar-refractivity contribution is 7.94. The molecular formula is C7H13NO4S2. The average Bonchev–Trinajstić information content (AvgIpc) is 2.00. The SMILES string of the molecule is CS(=O)(=O)CCS(=O)(=O)CCCC#N. The van der Waals surface area contributed by atoms with E-state index in [4.69, 9.17) is 5.26 Å². The molecule has 82 valence electrons. The lowest BCUT2D eigenvalue weighted by Gasteiger charge is -2.01. The smallest absolute Gasteiger partial charge is 0.151 e. The summed E-state index contributed by atoms with van der Waals surface area (Å²) in [5.41, 5.74) is 0. The zero-order valence-electron chi connectivity index (χ0n) is 7.93. The Morgan fingerprint density at radius 2 is 1.64 bits per heavy atom. The fraction of sp³-hybridized carbons (Fsp3) is 0.857. The molecule has 5 nitrogen and oxygen atoms in total. The Labute approximate surface area is 84.6 Å². The maximum atomic E-state index is 11.2. The van der Waals surface area contributed by atoms with Crippen LogP contribution in [0.4, 0.5) is 0 Å². The van der Waals surface area contributed by atoms with E-state index in [0.717, 1.165) is 6.26 Å². The molecule has 0 saturated carbocycles. The summed E-state index contributed by atoms with van der Waals surface area (Å²) >= 11 is 0. The molecule has 0 rings (SSSR count). The third-order valence-corrected chi connectivity index (χ3v) is 4.45. The van der Waals surface area contributed by atoms with E-state index in [1.54, 1.807) is 0 Å². The van der Waals surface area contributed by atoms with Crippen molar-refractivity contribution in [3.63, 3.8) is 0 Å². The fourth-order valence-corrected chi connectivity index (χ4v) is 3.77. The van der Waals surface area contributed by atoms with Crippen LogP contribution in [0.15, 0.2) is 0 Å². The van der Waals surface area contributed by atoms with Gasteiger partial charge in [-0.25, -0.2) is 16.8 Å². The van der Waals surface area contributed by atoms with Crippen LogP contribution in [0.25, 0.3) is 0 Å². The highest BCUT2D eigenvalue weighted by Crippen LogP contribution is 1.98. The molecule has 0 aromatic carbocycles. The standard InChI is InChI=1S/C7H13NO4S2/c1-13(9,10)6-7-14(11,12)5-3-2-4-8/h2-3,5-7H2,1H3. The second-order valence-corrected chi connectivity index (χ2v) is 7.61. The van der Waals surface area contributed by atoms with Gasteiger partial charge in [-0.3, -0.25) is 0 Å². The van der Waals surface area contributed by atoms with Gasteiger partial charge in [0.2, 0.25) is 0 Å². The third kappa shape index (κ3) is 8.01. The van der Waals surface area contributed by atoms with Crippen LogP contribution in [0.2, 0.25) is 0 Å². The zero-order chi connectivity index (χ0) is 11.2. The van der Waals surface area contributed by atoms with Crippen molar-refractivity contribution in [1.82, 2.24) is 0 Å². The van der Waals surface area contributed by atoms with Crippen LogP contribution in [0.3, 0.4) is 0 Å². The lowest BCUT2D eigenvalue weighted by molar-refractivity contribution is 0.588. The second kappa shape index (κ2) is 5.32. The van der Waals surface area contributed by atoms with Crippen molar-refractivity contribution in [2.75, 3.05) is 23.5 Å². The van der Waals surface area contributed by atoms with E-state index in [9.17, 15) is 16.8 Å². The third-order valence-electron chi connectivity index (χ3n) is 1.51. The number of unbranched alkanes of at least 4 members (excludes halogenated alkanes) is 1. The van der Waals surface area contributed by atoms with E-state index in [0.29, 0.717) is 0 Å². The molecule has 0 N–H and O–H groups in total. The van der Waals surface area contributed by atoms with Gasteiger partial charge in [-0.2, -0.15) is 5.26 Å². The first-order valence-corrected chi connectivity index (χ1v) is 7.90. The highest BCUT2D eigenvalue weighted by atomic mass is 32.2. The lowest BCUT2D eigenvalue weighted by Crippen LogP contribution is -2.18. The minimum atomic E-state index is -3.32. The van der Waals surface area contributed by atoms with E-state index in [1.165, 1.54) is 0 Å². The maximum absolute atomic E-state index is 11.2. The minimum Gasteiger partial charge on any atom is -0.229 e. The molecule has 0 unspecified atom stereocenters. The van der Waals surface area contributed by atoms with Gasteiger partial charge in [0.1, 0.15) is 9.84 Å². The number of nitrogens with zero attached hydrogens (tertiary/aromatic N) is 1. The Kier molecular flexibility index (Phi) is 5.08. The molecule has 0 radical (unpaired) electrons. The Morgan fingerprint density at radius 3 is 2.07 bits per heavy atom. The van der Waals surface area contributed by atoms with Gasteiger partial charge in [-0.05, 0) is 6.42 Å². The van der Waals surface area contributed by atoms with Crippen LogP contribution in [-0.2, 0) is 19.7 Å². The van der Waals surface area contributed by atoms with Crippen molar-refractivity contribution in [3.8, 4) is 6.07 Å². The van der Waals surface area contributed by atoms with Crippen LogP contribution in [0.5, 0.6) is 0 Å². The number of nitriles is 1. The fourth-order valence-electron chi connectivity index (χ4n) is 0.752. The molecule has 0 aliphatic carbocycles. The van der Waals surface area contributed by atoms with Crippen molar-refractivity contribution in [2.24, 2.45) is 0 Å². The molecule has 7 heteroatoms. The molecule has 0 aromatic rings. The van der Waals surface area contributed by atoms with Crippen molar-refractivity contribution in [2.45, 2.75) is 12.8 Å². The van der Waals surface area contributed by atoms with Crippen molar-refractivity contribution in [3.05, 3.63) is 0 Å². The van der Waals surface area contributed by atoms with Gasteiger partial charge in [-0.1, -0.05) is 0 Å². The van der Waals surface area contributed by atoms with Crippen LogP contribution >= 0.6 is 0 Å². The number of hydrogen-bond acceptors (Lipinski definition) is 5. The Balaban J connectivity index is 4.05. The normalized spacial score (nSPS) is 12.3. The van der Waals surface area contributed by atoms with Gasteiger partial charge in [0.25, 0.3) is 0 Å². The van der Waals surface area contributed by atoms with Gasteiger partial charge >= 0.3 is 0 Å². The Morgan fingerprint density at radius 1 is 1.07 bits per heavy atom. The first-order chi connectivity index (χ1) is 6.27. The summed E-state index contributed by atoms with van der Waals surface area (Å²) in [6.07, 6.45) is 1.44. The molecule has 0 aromatic heterocycles. The molecule has 0 atom stereocenters. The number of hydrogen-bond donors (Lipinski definition) is 0. The number of sulfone groups is 2. The van der Waals surface area contributed by atoms with Crippen molar-refractivity contribution < 1.29 is 16.8 Å². The number of rotatable bonds is 6. The topological polar surface area (TPSA) is 92.1 Å². The quantitative estimate of drug-likeness (QED) is 0.596. The molecule has 0 spiro atoms. The van der Waals surface area contributed by atoms with Gasteiger partial charge < -0.3 is 0 Å². The Bertz CT molecular complexity index is 401. The first-order valence-electron chi connectivity index (χ1n) is 4.02. The summed E-state index contributed by atoms with van der Waals surface area (Å²) in [6.45, 7) is 0. The van der Waals surface area contributed by atoms with Gasteiger partial charge in [0, 0.05) is 12.7 Å². The van der Waals surface area contributed by atoms with Crippen LogP contribution in [-0.4, -0.2) is 40.3 Å². The molecule has 0 aliphatic heterocycles. The van der Waals surface area contributed by atoms with Crippen LogP contribution < -0.4 is 0 Å². The van der Waals surface area contributed by atoms with E-state index in [2.05, 4.69) is 0 Å². The summed E-state index contributed by atoms with van der Waals surface area (Å²) in [5.74, 6) is -0.810. The van der Waals surface area contributed by atoms with Crippen molar-refractivity contribution >= 4 is 19.7 Å². The first kappa shape index (κ1) is 13.4. The molecule has 0 bridgehead atoms. The van der Waals surface area contributed by atoms with Gasteiger partial charge in [0.15, 0.2) is 9.84 Å². The summed E-state index contributed by atoms with van der Waals surface area (Å²) in [7, 11) is -6.55. The van der Waals surface area contributed by atoms with E-state index in [-0.39, 0.29) is 30.1 Å². The maximum Gasteiger partial charge on any atom is 0.151 e. The lowest BCUT2D eigenvalue weighted by atomic mass is 10.4. The highest BCUT2D eigenvalue weighted by Gasteiger charge is 2.13. The van der Waals surface area contributed by atoms with E-state index < -0.39 is 19.7 Å². The summed E-state index contributed by atoms with van der Waals surface area (Å²) in [5, 5.41) is 8.18. The second-order valence-electron chi connectivity index (χ2n) is 3.04. The molecule has 0 heterocycles. The molecule has 14 heavy (non-hydrogen) atoms. The van der Waals surface area contributed by atoms with Crippen molar-refractivity contribution in [1.29, 1.82) is 5.26 Å². The Hall–Kier alpha value is -0.610. The van der Waals surface area contributed by atoms with Gasteiger partial charge in [-0.15, -0.1) is 0 Å². The zero-order valence-corrected chi connectivity index (χ0v) is 9.57. The molecule has 0 saturated heterocycles. The molecule has 0 fully saturated rings. The predicted octanol–water partition coefficient (Wildman–Crippen LogP) is -0.250. The van der Waals surface area contributed by atoms with Crippen LogP contribution in [0, 0.1) is 11.3 Å². The average molecular weight is 239 g/mol. The van der Waals surface area contributed by atoms with E-state index >= 15 is 0 Å². The van der Waals surface area contributed by atoms with E-state index in [1.807, 2.05) is 6.07 Å². The summed E-state index contributed by atoms with van der Waals surface area (Å²) in [4.78, 5) is 0. The monoisotopic (exact) mass is 239 g/mol. The molecule has 0 amide bonds. The van der Waals surface area contributed by atoms with Crippen LogP contribution in [0.1, 0.15) is 12.8 Å².